The molecule has 25 heavy (non-hydrogen) atoms. The molecule has 0 atom stereocenters. The lowest BCUT2D eigenvalue weighted by molar-refractivity contribution is 0.633. The molecule has 2 aromatic heterocycles. The minimum Gasteiger partial charge on any atom is -0.455 e. The second-order valence-corrected chi connectivity index (χ2v) is 5.96. The topological polar surface area (TPSA) is 26.0 Å². The lowest BCUT2D eigenvalue weighted by atomic mass is 9.97. The fraction of sp³-hybridized carbons (Fsp3) is 0. The van der Waals surface area contributed by atoms with Gasteiger partial charge in [-0.25, -0.2) is 0 Å². The summed E-state index contributed by atoms with van der Waals surface area (Å²) in [5.41, 5.74) is 5.04. The fourth-order valence-electron chi connectivity index (χ4n) is 3.36. The van der Waals surface area contributed by atoms with E-state index in [1.807, 2.05) is 42.5 Å². The van der Waals surface area contributed by atoms with Crippen molar-refractivity contribution < 1.29 is 4.42 Å². The number of para-hydroxylation sites is 1. The molecule has 3 aromatic carbocycles. The van der Waals surface area contributed by atoms with E-state index in [0.717, 1.165) is 44.3 Å². The average molecular weight is 320 g/mol. The Morgan fingerprint density at radius 3 is 2.48 bits per heavy atom. The van der Waals surface area contributed by atoms with Gasteiger partial charge in [0.1, 0.15) is 11.3 Å². The predicted octanol–water partition coefficient (Wildman–Crippen LogP) is 6.12. The summed E-state index contributed by atoms with van der Waals surface area (Å²) in [6, 6.07) is 29.7. The maximum Gasteiger partial charge on any atom is 0.143 e. The normalized spacial score (nSPS) is 11.2. The van der Waals surface area contributed by atoms with Crippen molar-refractivity contribution in [3.63, 3.8) is 0 Å². The molecule has 117 valence electrons. The summed E-state index contributed by atoms with van der Waals surface area (Å²) in [6.07, 6.45) is 1.79. The lowest BCUT2D eigenvalue weighted by Crippen LogP contribution is -1.85. The largest absolute Gasteiger partial charge is 0.455 e. The number of aromatic nitrogens is 1. The zero-order valence-electron chi connectivity index (χ0n) is 13.4. The lowest BCUT2D eigenvalue weighted by Gasteiger charge is -2.07. The van der Waals surface area contributed by atoms with E-state index >= 15 is 0 Å². The van der Waals surface area contributed by atoms with Crippen LogP contribution in [0, 0.1) is 6.07 Å². The summed E-state index contributed by atoms with van der Waals surface area (Å²) in [6.45, 7) is 0. The van der Waals surface area contributed by atoms with Crippen LogP contribution in [-0.4, -0.2) is 4.98 Å². The molecule has 5 aromatic rings. The van der Waals surface area contributed by atoms with Gasteiger partial charge in [-0.1, -0.05) is 60.7 Å². The first-order chi connectivity index (χ1) is 12.4. The molecule has 0 amide bonds. The van der Waals surface area contributed by atoms with E-state index in [1.165, 1.54) is 0 Å². The molecular weight excluding hydrogens is 306 g/mol. The van der Waals surface area contributed by atoms with E-state index in [1.54, 1.807) is 6.20 Å². The molecule has 0 bridgehead atoms. The maximum atomic E-state index is 6.31. The molecule has 5 rings (SSSR count). The van der Waals surface area contributed by atoms with Gasteiger partial charge in [-0.15, -0.1) is 0 Å². The van der Waals surface area contributed by atoms with Crippen LogP contribution in [0.2, 0.25) is 0 Å². The quantitative estimate of drug-likeness (QED) is 0.392. The van der Waals surface area contributed by atoms with Crippen molar-refractivity contribution >= 4 is 21.9 Å². The minimum atomic E-state index is 0.847. The number of nitrogens with zero attached hydrogens (tertiary/aromatic N) is 1. The van der Waals surface area contributed by atoms with E-state index in [9.17, 15) is 0 Å². The summed E-state index contributed by atoms with van der Waals surface area (Å²) in [4.78, 5) is 4.43. The highest BCUT2D eigenvalue weighted by Crippen LogP contribution is 2.42. The Labute approximate surface area is 145 Å². The Kier molecular flexibility index (Phi) is 3.14. The monoisotopic (exact) mass is 320 g/mol. The van der Waals surface area contributed by atoms with Gasteiger partial charge in [-0.05, 0) is 23.8 Å². The van der Waals surface area contributed by atoms with E-state index in [4.69, 9.17) is 4.42 Å². The molecule has 0 aliphatic heterocycles. The maximum absolute atomic E-state index is 6.31. The molecule has 0 spiro atoms. The van der Waals surface area contributed by atoms with Gasteiger partial charge in [0.05, 0.1) is 5.52 Å². The fourth-order valence-corrected chi connectivity index (χ4v) is 3.36. The number of hydrogen-bond donors (Lipinski definition) is 0. The van der Waals surface area contributed by atoms with Crippen molar-refractivity contribution in [2.75, 3.05) is 0 Å². The van der Waals surface area contributed by atoms with Gasteiger partial charge in [0, 0.05) is 34.2 Å². The van der Waals surface area contributed by atoms with Crippen molar-refractivity contribution in [2.45, 2.75) is 0 Å². The molecule has 0 aliphatic carbocycles. The second kappa shape index (κ2) is 5.60. The first-order valence-corrected chi connectivity index (χ1v) is 8.24. The van der Waals surface area contributed by atoms with E-state index < -0.39 is 0 Å². The van der Waals surface area contributed by atoms with Gasteiger partial charge in [0.15, 0.2) is 0 Å². The first-order valence-electron chi connectivity index (χ1n) is 8.24. The number of rotatable bonds is 2. The molecule has 2 heterocycles. The van der Waals surface area contributed by atoms with E-state index in [2.05, 4.69) is 47.4 Å². The third-order valence-electron chi connectivity index (χ3n) is 4.47. The molecule has 0 saturated carbocycles. The molecule has 2 heteroatoms. The number of pyridine rings is 1. The van der Waals surface area contributed by atoms with Crippen LogP contribution in [0.3, 0.4) is 0 Å². The molecule has 0 fully saturated rings. The van der Waals surface area contributed by atoms with Crippen LogP contribution in [-0.2, 0) is 0 Å². The Morgan fingerprint density at radius 2 is 1.56 bits per heavy atom. The van der Waals surface area contributed by atoms with Crippen LogP contribution in [0.25, 0.3) is 44.3 Å². The third-order valence-corrected chi connectivity index (χ3v) is 4.47. The van der Waals surface area contributed by atoms with Crippen LogP contribution in [0.1, 0.15) is 0 Å². The van der Waals surface area contributed by atoms with E-state index in [0.29, 0.717) is 0 Å². The molecule has 1 radical (unpaired) electrons. The number of benzene rings is 3. The zero-order valence-corrected chi connectivity index (χ0v) is 13.4. The molecule has 0 saturated heterocycles. The average Bonchev–Trinajstić information content (AvgIpc) is 3.07. The molecule has 0 N–H and O–H groups in total. The van der Waals surface area contributed by atoms with Gasteiger partial charge in [0.25, 0.3) is 0 Å². The highest BCUT2D eigenvalue weighted by molar-refractivity contribution is 6.06. The third kappa shape index (κ3) is 2.23. The number of hydrogen-bond acceptors (Lipinski definition) is 2. The standard InChI is InChI=1S/C23H14NO/c1-2-8-16(9-3-1)22-19-10-4-5-14-21(19)25-23(22)18-11-6-13-20-17(18)12-7-15-24-20/h1-12,14-15H. The molecular formula is C23H14NO. The van der Waals surface area contributed by atoms with Crippen molar-refractivity contribution in [3.8, 4) is 22.5 Å². The number of fused-ring (bicyclic) bond motifs is 2. The highest BCUT2D eigenvalue weighted by atomic mass is 16.3. The van der Waals surface area contributed by atoms with E-state index in [-0.39, 0.29) is 0 Å². The van der Waals surface area contributed by atoms with Crippen LogP contribution in [0.5, 0.6) is 0 Å². The summed E-state index contributed by atoms with van der Waals surface area (Å²) in [5, 5.41) is 2.16. The summed E-state index contributed by atoms with van der Waals surface area (Å²) >= 11 is 0. The van der Waals surface area contributed by atoms with Crippen LogP contribution in [0.4, 0.5) is 0 Å². The molecule has 2 nitrogen and oxygen atoms in total. The minimum absolute atomic E-state index is 0.847. The second-order valence-electron chi connectivity index (χ2n) is 5.96. The SMILES string of the molecule is [c]1ccc(-c2oc3ccccc3c2-c2ccccc2)c2cccnc12. The Hall–Kier alpha value is -3.39. The number of furan rings is 1. The van der Waals surface area contributed by atoms with Crippen LogP contribution in [0.15, 0.2) is 89.5 Å². The predicted molar refractivity (Wildman–Crippen MR) is 101 cm³/mol. The van der Waals surface area contributed by atoms with Crippen molar-refractivity contribution in [1.29, 1.82) is 0 Å². The summed E-state index contributed by atoms with van der Waals surface area (Å²) < 4.78 is 6.31. The van der Waals surface area contributed by atoms with Crippen LogP contribution >= 0.6 is 0 Å². The van der Waals surface area contributed by atoms with Gasteiger partial charge in [-0.2, -0.15) is 0 Å². The Balaban J connectivity index is 1.91. The van der Waals surface area contributed by atoms with Crippen molar-refractivity contribution in [3.05, 3.63) is 91.1 Å². The first kappa shape index (κ1) is 14.0. The highest BCUT2D eigenvalue weighted by Gasteiger charge is 2.18. The van der Waals surface area contributed by atoms with Crippen LogP contribution < -0.4 is 0 Å². The zero-order chi connectivity index (χ0) is 16.6. The summed E-state index contributed by atoms with van der Waals surface area (Å²) in [5.74, 6) is 0.874. The van der Waals surface area contributed by atoms with Gasteiger partial charge < -0.3 is 4.42 Å². The Bertz CT molecular complexity index is 1180. The van der Waals surface area contributed by atoms with Gasteiger partial charge in [0.2, 0.25) is 0 Å². The molecule has 0 aliphatic rings. The van der Waals surface area contributed by atoms with Crippen molar-refractivity contribution in [2.24, 2.45) is 0 Å². The molecule has 0 unspecified atom stereocenters. The van der Waals surface area contributed by atoms with Gasteiger partial charge in [-0.3, -0.25) is 4.98 Å². The van der Waals surface area contributed by atoms with Crippen molar-refractivity contribution in [1.82, 2.24) is 4.98 Å². The Morgan fingerprint density at radius 1 is 0.760 bits per heavy atom. The smallest absolute Gasteiger partial charge is 0.143 e. The summed E-state index contributed by atoms with van der Waals surface area (Å²) in [7, 11) is 0. The van der Waals surface area contributed by atoms with Gasteiger partial charge >= 0.3 is 0 Å².